The number of carbonyl (C=O) groups is 3. The molecule has 1 aromatic rings. The number of amides is 3. The molecule has 1 saturated heterocycles. The van der Waals surface area contributed by atoms with Crippen molar-refractivity contribution >= 4 is 34.9 Å². The molecule has 0 bridgehead atoms. The second-order valence-corrected chi connectivity index (χ2v) is 4.69. The minimum absolute atomic E-state index is 0.215. The van der Waals surface area contributed by atoms with Crippen LogP contribution in [0.25, 0.3) is 6.08 Å². The lowest BCUT2D eigenvalue weighted by molar-refractivity contribution is -0.120. The van der Waals surface area contributed by atoms with E-state index in [1.807, 2.05) is 0 Å². The third-order valence-electron chi connectivity index (χ3n) is 2.18. The van der Waals surface area contributed by atoms with Crippen LogP contribution in [0.2, 0.25) is 0 Å². The second kappa shape index (κ2) is 5.57. The van der Waals surface area contributed by atoms with Crippen molar-refractivity contribution in [3.05, 3.63) is 34.7 Å². The monoisotopic (exact) mass is 278 g/mol. The van der Waals surface area contributed by atoms with Crippen LogP contribution in [0.1, 0.15) is 5.56 Å². The average molecular weight is 278 g/mol. The topological polar surface area (TPSA) is 98.5 Å². The Morgan fingerprint density at radius 2 is 2.21 bits per heavy atom. The first-order chi connectivity index (χ1) is 9.04. The fourth-order valence-electron chi connectivity index (χ4n) is 1.42. The van der Waals surface area contributed by atoms with Crippen molar-refractivity contribution in [3.8, 4) is 5.75 Å². The summed E-state index contributed by atoms with van der Waals surface area (Å²) in [6.45, 7) is -0.215. The zero-order chi connectivity index (χ0) is 13.8. The maximum absolute atomic E-state index is 11.4. The van der Waals surface area contributed by atoms with Crippen molar-refractivity contribution in [1.29, 1.82) is 0 Å². The van der Waals surface area contributed by atoms with Gasteiger partial charge >= 0.3 is 0 Å². The van der Waals surface area contributed by atoms with E-state index in [-0.39, 0.29) is 6.61 Å². The molecular weight excluding hydrogens is 268 g/mol. The Kier molecular flexibility index (Phi) is 3.86. The highest BCUT2D eigenvalue weighted by atomic mass is 32.2. The number of imide groups is 1. The Morgan fingerprint density at radius 3 is 2.84 bits per heavy atom. The van der Waals surface area contributed by atoms with Gasteiger partial charge in [-0.05, 0) is 35.5 Å². The van der Waals surface area contributed by atoms with E-state index in [0.29, 0.717) is 16.2 Å². The van der Waals surface area contributed by atoms with Gasteiger partial charge in [-0.15, -0.1) is 0 Å². The molecule has 0 aromatic heterocycles. The predicted molar refractivity (Wildman–Crippen MR) is 70.2 cm³/mol. The van der Waals surface area contributed by atoms with Crippen molar-refractivity contribution in [3.63, 3.8) is 0 Å². The van der Waals surface area contributed by atoms with E-state index in [1.165, 1.54) is 0 Å². The number of hydrogen-bond acceptors (Lipinski definition) is 5. The smallest absolute Gasteiger partial charge is 0.290 e. The fraction of sp³-hybridized carbons (Fsp3) is 0.0833. The number of benzene rings is 1. The SMILES string of the molecule is NC(=O)COc1cccc(/C=C2/SC(=O)NC2=O)c1. The van der Waals surface area contributed by atoms with Gasteiger partial charge in [0.15, 0.2) is 6.61 Å². The number of nitrogens with one attached hydrogen (secondary N) is 1. The van der Waals surface area contributed by atoms with E-state index in [0.717, 1.165) is 11.8 Å². The Bertz CT molecular complexity index is 583. The van der Waals surface area contributed by atoms with Gasteiger partial charge in [0.2, 0.25) is 0 Å². The largest absolute Gasteiger partial charge is 0.484 e. The maximum atomic E-state index is 11.4. The van der Waals surface area contributed by atoms with E-state index >= 15 is 0 Å². The molecule has 0 aliphatic carbocycles. The zero-order valence-corrected chi connectivity index (χ0v) is 10.5. The van der Waals surface area contributed by atoms with Crippen LogP contribution < -0.4 is 15.8 Å². The number of hydrogen-bond donors (Lipinski definition) is 2. The van der Waals surface area contributed by atoms with Gasteiger partial charge in [-0.2, -0.15) is 0 Å². The van der Waals surface area contributed by atoms with Crippen molar-refractivity contribution < 1.29 is 19.1 Å². The Morgan fingerprint density at radius 1 is 1.42 bits per heavy atom. The zero-order valence-electron chi connectivity index (χ0n) is 9.71. The highest BCUT2D eigenvalue weighted by Crippen LogP contribution is 2.26. The molecule has 7 heteroatoms. The molecule has 1 heterocycles. The number of thioether (sulfide) groups is 1. The molecule has 1 aliphatic heterocycles. The summed E-state index contributed by atoms with van der Waals surface area (Å²) >= 11 is 0.839. The molecular formula is C12H10N2O4S. The van der Waals surface area contributed by atoms with Gasteiger partial charge in [0.05, 0.1) is 4.91 Å². The third kappa shape index (κ3) is 3.59. The van der Waals surface area contributed by atoms with Crippen molar-refractivity contribution in [1.82, 2.24) is 5.32 Å². The maximum Gasteiger partial charge on any atom is 0.290 e. The first-order valence-electron chi connectivity index (χ1n) is 5.30. The van der Waals surface area contributed by atoms with Crippen LogP contribution in [0.4, 0.5) is 4.79 Å². The molecule has 0 atom stereocenters. The highest BCUT2D eigenvalue weighted by molar-refractivity contribution is 8.18. The molecule has 1 aromatic carbocycles. The molecule has 2 rings (SSSR count). The second-order valence-electron chi connectivity index (χ2n) is 3.68. The van der Waals surface area contributed by atoms with E-state index in [1.54, 1.807) is 30.3 Å². The third-order valence-corrected chi connectivity index (χ3v) is 2.99. The van der Waals surface area contributed by atoms with Gasteiger partial charge in [0, 0.05) is 0 Å². The van der Waals surface area contributed by atoms with E-state index < -0.39 is 17.1 Å². The van der Waals surface area contributed by atoms with Crippen LogP contribution in [-0.2, 0) is 9.59 Å². The molecule has 3 N–H and O–H groups in total. The molecule has 0 radical (unpaired) electrons. The lowest BCUT2D eigenvalue weighted by Gasteiger charge is -2.04. The molecule has 98 valence electrons. The van der Waals surface area contributed by atoms with E-state index in [4.69, 9.17) is 10.5 Å². The van der Waals surface area contributed by atoms with E-state index in [9.17, 15) is 14.4 Å². The Hall–Kier alpha value is -2.28. The number of primary amides is 1. The summed E-state index contributed by atoms with van der Waals surface area (Å²) in [7, 11) is 0. The van der Waals surface area contributed by atoms with Crippen LogP contribution >= 0.6 is 11.8 Å². The predicted octanol–water partition coefficient (Wildman–Crippen LogP) is 0.875. The van der Waals surface area contributed by atoms with Crippen LogP contribution in [0.5, 0.6) is 5.75 Å². The quantitative estimate of drug-likeness (QED) is 0.796. The van der Waals surface area contributed by atoms with Gasteiger partial charge in [-0.25, -0.2) is 0 Å². The number of nitrogens with two attached hydrogens (primary N) is 1. The summed E-state index contributed by atoms with van der Waals surface area (Å²) in [5.41, 5.74) is 5.66. The number of ether oxygens (including phenoxy) is 1. The first-order valence-corrected chi connectivity index (χ1v) is 6.12. The fourth-order valence-corrected chi connectivity index (χ4v) is 2.10. The highest BCUT2D eigenvalue weighted by Gasteiger charge is 2.24. The molecule has 3 amide bonds. The molecule has 19 heavy (non-hydrogen) atoms. The van der Waals surface area contributed by atoms with Crippen molar-refractivity contribution in [2.45, 2.75) is 0 Å². The van der Waals surface area contributed by atoms with Gasteiger partial charge in [-0.1, -0.05) is 12.1 Å². The lowest BCUT2D eigenvalue weighted by atomic mass is 10.2. The van der Waals surface area contributed by atoms with Crippen molar-refractivity contribution in [2.75, 3.05) is 6.61 Å². The summed E-state index contributed by atoms with van der Waals surface area (Å²) in [4.78, 5) is 33.3. The van der Waals surface area contributed by atoms with Crippen LogP contribution in [0.15, 0.2) is 29.2 Å². The lowest BCUT2D eigenvalue weighted by Crippen LogP contribution is -2.20. The minimum atomic E-state index is -0.569. The average Bonchev–Trinajstić information content (AvgIpc) is 2.66. The normalized spacial score (nSPS) is 16.5. The molecule has 1 fully saturated rings. The van der Waals surface area contributed by atoms with Crippen LogP contribution in [0, 0.1) is 0 Å². The van der Waals surface area contributed by atoms with Gasteiger partial charge in [-0.3, -0.25) is 19.7 Å². The molecule has 0 spiro atoms. The summed E-state index contributed by atoms with van der Waals surface area (Å²) in [5, 5.41) is 1.77. The molecule has 1 aliphatic rings. The Labute approximate surface area is 113 Å². The first kappa shape index (κ1) is 13.2. The summed E-state index contributed by atoms with van der Waals surface area (Å²) in [5.74, 6) is -0.526. The van der Waals surface area contributed by atoms with E-state index in [2.05, 4.69) is 5.32 Å². The summed E-state index contributed by atoms with van der Waals surface area (Å²) < 4.78 is 5.14. The van der Waals surface area contributed by atoms with Crippen LogP contribution in [0.3, 0.4) is 0 Å². The Balaban J connectivity index is 2.15. The number of rotatable bonds is 4. The summed E-state index contributed by atoms with van der Waals surface area (Å²) in [6.07, 6.45) is 1.57. The van der Waals surface area contributed by atoms with Gasteiger partial charge in [0.1, 0.15) is 5.75 Å². The molecule has 6 nitrogen and oxygen atoms in total. The van der Waals surface area contributed by atoms with Crippen molar-refractivity contribution in [2.24, 2.45) is 5.73 Å². The minimum Gasteiger partial charge on any atom is -0.484 e. The molecule has 0 unspecified atom stereocenters. The standard InChI is InChI=1S/C12H10N2O4S/c13-10(15)6-18-8-3-1-2-7(4-8)5-9-11(16)14-12(17)19-9/h1-5H,6H2,(H2,13,15)(H,14,16,17)/b9-5+. The van der Waals surface area contributed by atoms with Crippen LogP contribution in [-0.4, -0.2) is 23.7 Å². The summed E-state index contributed by atoms with van der Waals surface area (Å²) in [6, 6.07) is 6.77. The van der Waals surface area contributed by atoms with Gasteiger partial charge < -0.3 is 10.5 Å². The number of carbonyl (C=O) groups excluding carboxylic acids is 3. The molecule has 0 saturated carbocycles. The van der Waals surface area contributed by atoms with Gasteiger partial charge in [0.25, 0.3) is 17.1 Å².